The van der Waals surface area contributed by atoms with Gasteiger partial charge in [-0.15, -0.1) is 0 Å². The maximum atomic E-state index is 8.68. The van der Waals surface area contributed by atoms with Crippen molar-refractivity contribution in [2.75, 3.05) is 0 Å². The Bertz CT molecular complexity index is 2790. The molecule has 0 bridgehead atoms. The molecule has 0 saturated heterocycles. The molecule has 0 saturated carbocycles. The smallest absolute Gasteiger partial charge is 0.164 e. The van der Waals surface area contributed by atoms with E-state index in [-0.39, 0.29) is 23.5 Å². The Morgan fingerprint density at radius 2 is 1.04 bits per heavy atom. The molecule has 1 aromatic heterocycles. The van der Waals surface area contributed by atoms with Crippen molar-refractivity contribution in [2.24, 2.45) is 0 Å². The molecule has 0 atom stereocenters. The van der Waals surface area contributed by atoms with Crippen molar-refractivity contribution in [3.8, 4) is 73.3 Å². The molecule has 238 valence electrons. The second-order valence-electron chi connectivity index (χ2n) is 12.9. The number of benzene rings is 7. The molecule has 4 heteroatoms. The van der Waals surface area contributed by atoms with Gasteiger partial charge in [0.05, 0.1) is 6.85 Å². The van der Waals surface area contributed by atoms with E-state index in [1.165, 1.54) is 5.56 Å². The number of fused-ring (bicyclic) bond motifs is 4. The lowest BCUT2D eigenvalue weighted by Crippen LogP contribution is -2.29. The molecule has 9 rings (SSSR count). The number of hydrogen-bond donors (Lipinski definition) is 0. The monoisotopic (exact) mass is 648 g/mol. The van der Waals surface area contributed by atoms with E-state index < -0.39 is 23.7 Å². The Labute approximate surface area is 298 Å². The number of rotatable bonds is 5. The van der Waals surface area contributed by atoms with Crippen LogP contribution in [0.5, 0.6) is 5.75 Å². The van der Waals surface area contributed by atoms with E-state index in [0.29, 0.717) is 22.8 Å². The molecule has 8 aromatic rings. The van der Waals surface area contributed by atoms with Gasteiger partial charge in [0, 0.05) is 27.8 Å². The topological polar surface area (TPSA) is 47.9 Å². The van der Waals surface area contributed by atoms with E-state index in [0.717, 1.165) is 49.9 Å². The van der Waals surface area contributed by atoms with Gasteiger partial charge < -0.3 is 4.74 Å². The summed E-state index contributed by atoms with van der Waals surface area (Å²) < 4.78 is 48.6. The van der Waals surface area contributed by atoms with E-state index in [1.54, 1.807) is 0 Å². The zero-order chi connectivity index (χ0) is 38.0. The van der Waals surface area contributed by atoms with Crippen molar-refractivity contribution in [1.82, 2.24) is 15.0 Å². The van der Waals surface area contributed by atoms with E-state index >= 15 is 0 Å². The fourth-order valence-corrected chi connectivity index (χ4v) is 6.78. The molecule has 0 radical (unpaired) electrons. The lowest BCUT2D eigenvalue weighted by molar-refractivity contribution is 0.106. The van der Waals surface area contributed by atoms with E-state index in [9.17, 15) is 0 Å². The van der Waals surface area contributed by atoms with Gasteiger partial charge in [-0.3, -0.25) is 0 Å². The van der Waals surface area contributed by atoms with Crippen molar-refractivity contribution in [3.63, 3.8) is 0 Å². The third kappa shape index (κ3) is 5.32. The lowest BCUT2D eigenvalue weighted by atomic mass is 9.85. The molecule has 0 amide bonds. The van der Waals surface area contributed by atoms with Crippen LogP contribution in [0, 0.1) is 0 Å². The summed E-state index contributed by atoms with van der Waals surface area (Å²) in [6.07, 6.45) is 0. The van der Waals surface area contributed by atoms with Crippen LogP contribution in [-0.2, 0) is 5.60 Å². The molecule has 0 spiro atoms. The van der Waals surface area contributed by atoms with E-state index in [4.69, 9.17) is 26.5 Å². The van der Waals surface area contributed by atoms with Gasteiger partial charge in [-0.25, -0.2) is 15.0 Å². The minimum atomic E-state index is -0.479. The SMILES string of the molecule is [2H]c1c([2H])c([2H])c(-c2nc(-c3ccc(-c4ccc5c(c4)OC(C)(C)c4ccccc4-5)cc3)nc(-c3ccc(-c4cccc5ccccc45)cc3)n2)c([2H])c1[2H]. The summed E-state index contributed by atoms with van der Waals surface area (Å²) in [7, 11) is 0. The van der Waals surface area contributed by atoms with Crippen LogP contribution in [0.25, 0.3) is 78.3 Å². The van der Waals surface area contributed by atoms with Crippen molar-refractivity contribution < 1.29 is 11.6 Å². The predicted molar refractivity (Wildman–Crippen MR) is 204 cm³/mol. The molecule has 1 aliphatic rings. The number of aromatic nitrogens is 3. The Kier molecular flexibility index (Phi) is 5.90. The Morgan fingerprint density at radius 1 is 0.480 bits per heavy atom. The summed E-state index contributed by atoms with van der Waals surface area (Å²) in [6, 6.07) is 42.6. The fourth-order valence-electron chi connectivity index (χ4n) is 6.78. The van der Waals surface area contributed by atoms with Gasteiger partial charge in [0.15, 0.2) is 17.5 Å². The highest BCUT2D eigenvalue weighted by Crippen LogP contribution is 2.46. The van der Waals surface area contributed by atoms with Gasteiger partial charge in [-0.05, 0) is 58.5 Å². The first kappa shape index (κ1) is 24.7. The minimum absolute atomic E-state index is 0.00561. The lowest BCUT2D eigenvalue weighted by Gasteiger charge is -2.35. The van der Waals surface area contributed by atoms with E-state index in [2.05, 4.69) is 68.4 Å². The molecule has 0 N–H and O–H groups in total. The summed E-state index contributed by atoms with van der Waals surface area (Å²) in [5.41, 5.74) is 8.26. The molecule has 0 unspecified atom stereocenters. The molecule has 1 aliphatic heterocycles. The molecule has 7 aromatic carbocycles. The van der Waals surface area contributed by atoms with Crippen LogP contribution >= 0.6 is 0 Å². The van der Waals surface area contributed by atoms with Crippen LogP contribution in [-0.4, -0.2) is 15.0 Å². The molecular formula is C46H33N3O. The highest BCUT2D eigenvalue weighted by Gasteiger charge is 2.32. The van der Waals surface area contributed by atoms with Crippen molar-refractivity contribution >= 4 is 10.8 Å². The summed E-state index contributed by atoms with van der Waals surface area (Å²) in [5, 5.41) is 2.29. The first-order valence-electron chi connectivity index (χ1n) is 19.0. The molecule has 0 fully saturated rings. The van der Waals surface area contributed by atoms with Crippen LogP contribution in [0.1, 0.15) is 26.3 Å². The molecule has 4 nitrogen and oxygen atoms in total. The number of hydrogen-bond acceptors (Lipinski definition) is 4. The highest BCUT2D eigenvalue weighted by molar-refractivity contribution is 5.96. The van der Waals surface area contributed by atoms with Crippen LogP contribution in [0.2, 0.25) is 0 Å². The van der Waals surface area contributed by atoms with Gasteiger partial charge in [-0.2, -0.15) is 0 Å². The third-order valence-electron chi connectivity index (χ3n) is 9.29. The Hall–Kier alpha value is -6.39. The molecule has 2 heterocycles. The zero-order valence-electron chi connectivity index (χ0n) is 32.5. The van der Waals surface area contributed by atoms with Crippen LogP contribution in [0.15, 0.2) is 164 Å². The summed E-state index contributed by atoms with van der Waals surface area (Å²) >= 11 is 0. The average Bonchev–Trinajstić information content (AvgIpc) is 3.22. The first-order chi connectivity index (χ1) is 26.6. The third-order valence-corrected chi connectivity index (χ3v) is 9.29. The highest BCUT2D eigenvalue weighted by atomic mass is 16.5. The Balaban J connectivity index is 1.12. The Morgan fingerprint density at radius 3 is 1.78 bits per heavy atom. The van der Waals surface area contributed by atoms with Gasteiger partial charge in [0.2, 0.25) is 0 Å². The molecular weight excluding hydrogens is 611 g/mol. The maximum absolute atomic E-state index is 8.68. The number of nitrogens with zero attached hydrogens (tertiary/aromatic N) is 3. The second kappa shape index (κ2) is 11.9. The first-order valence-corrected chi connectivity index (χ1v) is 16.5. The van der Waals surface area contributed by atoms with Crippen LogP contribution in [0.3, 0.4) is 0 Å². The maximum Gasteiger partial charge on any atom is 0.164 e. The molecule has 0 aliphatic carbocycles. The quantitative estimate of drug-likeness (QED) is 0.186. The fraction of sp³-hybridized carbons (Fsp3) is 0.0652. The van der Waals surface area contributed by atoms with Crippen molar-refractivity contribution in [3.05, 3.63) is 169 Å². The average molecular weight is 649 g/mol. The normalized spacial score (nSPS) is 14.3. The standard InChI is InChI=1S/C46H33N3O/c1-46(2)41-18-9-8-16-39(41)40-28-27-36(29-42(40)50-46)30-19-23-34(24-20-30)44-47-43(33-12-4-3-5-13-33)48-45(49-44)35-25-21-32(22-26-35)38-17-10-14-31-11-6-7-15-37(31)38/h3-29H,1-2H3/i3D,4D,5D,12D,13D. The summed E-state index contributed by atoms with van der Waals surface area (Å²) in [6.45, 7) is 4.16. The van der Waals surface area contributed by atoms with Gasteiger partial charge in [-0.1, -0.05) is 158 Å². The van der Waals surface area contributed by atoms with Gasteiger partial charge in [0.25, 0.3) is 0 Å². The van der Waals surface area contributed by atoms with Crippen LogP contribution < -0.4 is 4.74 Å². The largest absolute Gasteiger partial charge is 0.482 e. The second-order valence-corrected chi connectivity index (χ2v) is 12.9. The van der Waals surface area contributed by atoms with Crippen molar-refractivity contribution in [2.45, 2.75) is 19.4 Å². The molecule has 50 heavy (non-hydrogen) atoms. The summed E-state index contributed by atoms with van der Waals surface area (Å²) in [5.74, 6) is 1.44. The van der Waals surface area contributed by atoms with Gasteiger partial charge in [0.1, 0.15) is 11.4 Å². The zero-order valence-corrected chi connectivity index (χ0v) is 27.5. The van der Waals surface area contributed by atoms with Gasteiger partial charge >= 0.3 is 0 Å². The number of ether oxygens (including phenoxy) is 1. The van der Waals surface area contributed by atoms with Crippen LogP contribution in [0.4, 0.5) is 0 Å². The van der Waals surface area contributed by atoms with Crippen molar-refractivity contribution in [1.29, 1.82) is 0 Å². The van der Waals surface area contributed by atoms with E-state index in [1.807, 2.05) is 78.9 Å². The predicted octanol–water partition coefficient (Wildman–Crippen LogP) is 11.7. The summed E-state index contributed by atoms with van der Waals surface area (Å²) in [4.78, 5) is 14.3. The minimum Gasteiger partial charge on any atom is -0.482 e.